The lowest BCUT2D eigenvalue weighted by Crippen LogP contribution is -2.00. The number of benzene rings is 8. The highest BCUT2D eigenvalue weighted by Crippen LogP contribution is 2.43. The average molecular weight is 682 g/mol. The summed E-state index contributed by atoms with van der Waals surface area (Å²) in [5, 5.41) is 9.44. The quantitative estimate of drug-likeness (QED) is 0.185. The average Bonchev–Trinajstić information content (AvgIpc) is 3.79. The van der Waals surface area contributed by atoms with Gasteiger partial charge in [-0.25, -0.2) is 15.0 Å². The van der Waals surface area contributed by atoms with Crippen molar-refractivity contribution in [3.63, 3.8) is 0 Å². The highest BCUT2D eigenvalue weighted by molar-refractivity contribution is 7.26. The molecule has 0 radical (unpaired) electrons. The Hall–Kier alpha value is -6.69. The van der Waals surface area contributed by atoms with Crippen molar-refractivity contribution in [1.29, 1.82) is 0 Å². The van der Waals surface area contributed by atoms with Crippen molar-refractivity contribution < 1.29 is 4.42 Å². The van der Waals surface area contributed by atoms with Crippen molar-refractivity contribution in [2.75, 3.05) is 0 Å². The molecule has 0 saturated heterocycles. The molecule has 0 atom stereocenters. The highest BCUT2D eigenvalue weighted by Gasteiger charge is 2.20. The third kappa shape index (κ3) is 4.50. The second-order valence-electron chi connectivity index (χ2n) is 13.1. The van der Waals surface area contributed by atoms with Crippen LogP contribution in [-0.2, 0) is 0 Å². The summed E-state index contributed by atoms with van der Waals surface area (Å²) in [6.45, 7) is 0. The zero-order valence-corrected chi connectivity index (χ0v) is 28.6. The van der Waals surface area contributed by atoms with Crippen LogP contribution in [0.2, 0.25) is 0 Å². The van der Waals surface area contributed by atoms with E-state index < -0.39 is 0 Å². The zero-order valence-electron chi connectivity index (χ0n) is 27.7. The number of aromatic nitrogens is 3. The summed E-state index contributed by atoms with van der Waals surface area (Å²) < 4.78 is 9.22. The first-order chi connectivity index (χ1) is 25.8. The van der Waals surface area contributed by atoms with Gasteiger partial charge in [-0.1, -0.05) is 152 Å². The van der Waals surface area contributed by atoms with Crippen LogP contribution in [0.3, 0.4) is 0 Å². The van der Waals surface area contributed by atoms with Crippen LogP contribution in [0.15, 0.2) is 168 Å². The molecule has 3 heterocycles. The van der Waals surface area contributed by atoms with Gasteiger partial charge in [0.05, 0.1) is 0 Å². The molecular formula is C47H27N3OS. The third-order valence-electron chi connectivity index (χ3n) is 10.1. The number of furan rings is 1. The van der Waals surface area contributed by atoms with Crippen LogP contribution in [0, 0.1) is 0 Å². The fourth-order valence-corrected chi connectivity index (χ4v) is 8.97. The van der Waals surface area contributed by atoms with Crippen molar-refractivity contribution in [3.05, 3.63) is 164 Å². The third-order valence-corrected chi connectivity index (χ3v) is 11.3. The molecule has 0 saturated carbocycles. The molecule has 0 aliphatic heterocycles. The summed E-state index contributed by atoms with van der Waals surface area (Å²) in [6.07, 6.45) is 0. The first kappa shape index (κ1) is 29.1. The minimum atomic E-state index is 0.607. The molecule has 4 nitrogen and oxygen atoms in total. The van der Waals surface area contributed by atoms with Gasteiger partial charge in [0.2, 0.25) is 0 Å². The maximum Gasteiger partial charge on any atom is 0.164 e. The number of rotatable bonds is 4. The van der Waals surface area contributed by atoms with E-state index in [0.717, 1.165) is 49.8 Å². The van der Waals surface area contributed by atoms with Crippen molar-refractivity contribution in [2.24, 2.45) is 0 Å². The number of hydrogen-bond acceptors (Lipinski definition) is 5. The van der Waals surface area contributed by atoms with Crippen molar-refractivity contribution in [1.82, 2.24) is 15.0 Å². The molecule has 0 aliphatic carbocycles. The number of thiophene rings is 1. The topological polar surface area (TPSA) is 51.8 Å². The van der Waals surface area contributed by atoms with Crippen LogP contribution in [0.4, 0.5) is 0 Å². The Morgan fingerprint density at radius 1 is 0.404 bits per heavy atom. The van der Waals surface area contributed by atoms with E-state index in [4.69, 9.17) is 19.4 Å². The summed E-state index contributed by atoms with van der Waals surface area (Å²) in [6, 6.07) is 57.3. The molecule has 0 unspecified atom stereocenters. The van der Waals surface area contributed by atoms with Crippen LogP contribution in [0.5, 0.6) is 0 Å². The first-order valence-electron chi connectivity index (χ1n) is 17.4. The maximum absolute atomic E-state index is 6.72. The van der Waals surface area contributed by atoms with Crippen LogP contribution >= 0.6 is 11.3 Å². The second kappa shape index (κ2) is 11.4. The van der Waals surface area contributed by atoms with Crippen LogP contribution in [0.1, 0.15) is 0 Å². The molecule has 0 fully saturated rings. The number of nitrogens with zero attached hydrogens (tertiary/aromatic N) is 3. The van der Waals surface area contributed by atoms with E-state index in [1.165, 1.54) is 41.7 Å². The van der Waals surface area contributed by atoms with E-state index in [9.17, 15) is 0 Å². The predicted octanol–water partition coefficient (Wildman–Crippen LogP) is 13.1. The van der Waals surface area contributed by atoms with E-state index in [1.807, 2.05) is 53.8 Å². The number of fused-ring (bicyclic) bond motifs is 9. The van der Waals surface area contributed by atoms with Gasteiger partial charge >= 0.3 is 0 Å². The monoisotopic (exact) mass is 681 g/mol. The molecule has 0 N–H and O–H groups in total. The molecule has 0 bridgehead atoms. The van der Waals surface area contributed by atoms with Crippen LogP contribution in [-0.4, -0.2) is 15.0 Å². The van der Waals surface area contributed by atoms with Crippen molar-refractivity contribution >= 4 is 75.0 Å². The summed E-state index contributed by atoms with van der Waals surface area (Å²) in [5.41, 5.74) is 6.63. The van der Waals surface area contributed by atoms with Gasteiger partial charge in [0, 0.05) is 53.2 Å². The Morgan fingerprint density at radius 2 is 1.04 bits per heavy atom. The molecule has 0 spiro atoms. The summed E-state index contributed by atoms with van der Waals surface area (Å²) in [7, 11) is 0. The Bertz CT molecular complexity index is 3190. The molecular weight excluding hydrogens is 655 g/mol. The molecule has 11 rings (SSSR count). The smallest absolute Gasteiger partial charge is 0.164 e. The summed E-state index contributed by atoms with van der Waals surface area (Å²) in [4.78, 5) is 15.4. The first-order valence-corrected chi connectivity index (χ1v) is 18.2. The fourth-order valence-electron chi connectivity index (χ4n) is 7.69. The van der Waals surface area contributed by atoms with Crippen LogP contribution in [0.25, 0.3) is 109 Å². The van der Waals surface area contributed by atoms with Gasteiger partial charge in [0.15, 0.2) is 17.5 Å². The number of hydrogen-bond donors (Lipinski definition) is 0. The van der Waals surface area contributed by atoms with E-state index >= 15 is 0 Å². The lowest BCUT2D eigenvalue weighted by Gasteiger charge is -2.09. The van der Waals surface area contributed by atoms with Gasteiger partial charge in [-0.2, -0.15) is 0 Å². The lowest BCUT2D eigenvalue weighted by atomic mass is 9.96. The SMILES string of the molecule is c1ccc(-c2nc(-c3ccc4c(c3)sc3c5ccccc5ccc43)nc(-c3cccc4oc5c(-c6cccc7ccccc67)cccc5c34)n2)cc1. The Morgan fingerprint density at radius 3 is 1.92 bits per heavy atom. The minimum absolute atomic E-state index is 0.607. The normalized spacial score (nSPS) is 11.8. The van der Waals surface area contributed by atoms with Crippen molar-refractivity contribution in [2.45, 2.75) is 0 Å². The highest BCUT2D eigenvalue weighted by atomic mass is 32.1. The van der Waals surface area contributed by atoms with Gasteiger partial charge in [-0.15, -0.1) is 11.3 Å². The van der Waals surface area contributed by atoms with Gasteiger partial charge in [-0.3, -0.25) is 0 Å². The molecule has 11 aromatic rings. The van der Waals surface area contributed by atoms with Gasteiger partial charge in [0.1, 0.15) is 11.2 Å². The van der Waals surface area contributed by atoms with E-state index in [1.54, 1.807) is 0 Å². The molecule has 242 valence electrons. The minimum Gasteiger partial charge on any atom is -0.455 e. The molecule has 8 aromatic carbocycles. The zero-order chi connectivity index (χ0) is 34.2. The molecule has 52 heavy (non-hydrogen) atoms. The van der Waals surface area contributed by atoms with Crippen molar-refractivity contribution in [3.8, 4) is 45.3 Å². The predicted molar refractivity (Wildman–Crippen MR) is 217 cm³/mol. The summed E-state index contributed by atoms with van der Waals surface area (Å²) in [5.74, 6) is 1.87. The van der Waals surface area contributed by atoms with E-state index in [2.05, 4.69) is 121 Å². The lowest BCUT2D eigenvalue weighted by molar-refractivity contribution is 0.670. The molecule has 0 aliphatic rings. The molecule has 0 amide bonds. The van der Waals surface area contributed by atoms with Gasteiger partial charge in [0.25, 0.3) is 0 Å². The van der Waals surface area contributed by atoms with E-state index in [0.29, 0.717) is 17.5 Å². The fraction of sp³-hybridized carbons (Fsp3) is 0. The largest absolute Gasteiger partial charge is 0.455 e. The van der Waals surface area contributed by atoms with Crippen LogP contribution < -0.4 is 0 Å². The maximum atomic E-state index is 6.72. The second-order valence-corrected chi connectivity index (χ2v) is 14.2. The molecule has 5 heteroatoms. The number of para-hydroxylation sites is 1. The Labute approximate surface area is 302 Å². The Balaban J connectivity index is 1.13. The Kier molecular flexibility index (Phi) is 6.39. The standard InChI is InChI=1S/C47H27N3OS/c1-2-13-30(14-3-1)45-48-46(31-24-25-35-37-26-23-29-12-5-7-17-33(29)44(37)52-41(35)27-31)50-47(49-45)39-21-10-22-40-42(39)38-20-9-19-36(43(38)51-40)34-18-8-15-28-11-4-6-16-32(28)34/h1-27H. The van der Waals surface area contributed by atoms with Gasteiger partial charge in [-0.05, 0) is 39.2 Å². The molecule has 3 aromatic heterocycles. The van der Waals surface area contributed by atoms with Gasteiger partial charge < -0.3 is 4.42 Å². The summed E-state index contributed by atoms with van der Waals surface area (Å²) >= 11 is 1.82. The van der Waals surface area contributed by atoms with E-state index in [-0.39, 0.29) is 0 Å².